The fraction of sp³-hybridized carbons (Fsp3) is 0.350. The predicted octanol–water partition coefficient (Wildman–Crippen LogP) is 3.66. The van der Waals surface area contributed by atoms with Crippen LogP contribution in [0.1, 0.15) is 23.7 Å². The van der Waals surface area contributed by atoms with Crippen molar-refractivity contribution in [1.82, 2.24) is 10.2 Å². The van der Waals surface area contributed by atoms with Gasteiger partial charge in [-0.1, -0.05) is 11.6 Å². The summed E-state index contributed by atoms with van der Waals surface area (Å²) in [5.41, 5.74) is -0.810. The molecule has 0 radical (unpaired) electrons. The lowest BCUT2D eigenvalue weighted by atomic mass is 9.88. The molecular formula is C20H18ClF4N3O6. The van der Waals surface area contributed by atoms with E-state index in [4.69, 9.17) is 26.2 Å². The molecule has 9 nitrogen and oxygen atoms in total. The molecule has 1 unspecified atom stereocenters. The Hall–Kier alpha value is -3.48. The third-order valence-electron chi connectivity index (χ3n) is 4.78. The number of aliphatic carboxylic acids is 1. The van der Waals surface area contributed by atoms with Crippen LogP contribution in [0.3, 0.4) is 0 Å². The number of anilines is 1. The number of carbonyl (C=O) groups excluding carboxylic acids is 1. The Labute approximate surface area is 194 Å². The molecular weight excluding hydrogens is 490 g/mol. The number of cyclic esters (lactones) is 1. The molecule has 34 heavy (non-hydrogen) atoms. The van der Waals surface area contributed by atoms with Crippen LogP contribution in [0.4, 0.5) is 23.4 Å². The number of benzene rings is 1. The molecule has 1 aliphatic heterocycles. The monoisotopic (exact) mass is 507 g/mol. The Morgan fingerprint density at radius 3 is 2.35 bits per heavy atom. The molecule has 14 heteroatoms. The van der Waals surface area contributed by atoms with Gasteiger partial charge in [0, 0.05) is 24.2 Å². The van der Waals surface area contributed by atoms with Crippen LogP contribution in [-0.2, 0) is 14.3 Å². The molecule has 0 spiro atoms. The first-order valence-corrected chi connectivity index (χ1v) is 9.78. The van der Waals surface area contributed by atoms with Crippen molar-refractivity contribution in [2.45, 2.75) is 19.5 Å². The second-order valence-corrected chi connectivity index (χ2v) is 7.94. The summed E-state index contributed by atoms with van der Waals surface area (Å²) in [4.78, 5) is 34.1. The molecule has 2 aromatic rings. The number of nitrogens with zero attached hydrogens (tertiary/aromatic N) is 3. The van der Waals surface area contributed by atoms with Gasteiger partial charge in [0.2, 0.25) is 0 Å². The van der Waals surface area contributed by atoms with Crippen molar-refractivity contribution in [2.24, 2.45) is 5.41 Å². The zero-order valence-corrected chi connectivity index (χ0v) is 18.4. The van der Waals surface area contributed by atoms with Crippen LogP contribution in [0, 0.1) is 11.2 Å². The van der Waals surface area contributed by atoms with Crippen LogP contribution in [0.5, 0.6) is 0 Å². The van der Waals surface area contributed by atoms with Crippen molar-refractivity contribution < 1.29 is 46.9 Å². The number of aromatic nitrogens is 2. The van der Waals surface area contributed by atoms with Crippen molar-refractivity contribution in [2.75, 3.05) is 25.1 Å². The molecule has 1 aromatic carbocycles. The molecule has 0 saturated carbocycles. The maximum absolute atomic E-state index is 14.1. The third-order valence-corrected chi connectivity index (χ3v) is 5.01. The number of rotatable bonds is 5. The number of hydrogen-bond donors (Lipinski definition) is 2. The summed E-state index contributed by atoms with van der Waals surface area (Å²) < 4.78 is 50.8. The Balaban J connectivity index is 0.000000509. The lowest BCUT2D eigenvalue weighted by molar-refractivity contribution is -0.192. The number of carboxylic acid groups (broad SMARTS) is 2. The van der Waals surface area contributed by atoms with E-state index >= 15 is 0 Å². The molecule has 2 N–H and O–H groups in total. The van der Waals surface area contributed by atoms with E-state index in [2.05, 4.69) is 10.2 Å². The number of ether oxygens (including phenoxy) is 1. The molecule has 1 fully saturated rings. The minimum atomic E-state index is -5.08. The molecule has 1 atom stereocenters. The van der Waals surface area contributed by atoms with Gasteiger partial charge in [0.05, 0.1) is 17.7 Å². The Morgan fingerprint density at radius 1 is 1.24 bits per heavy atom. The average Bonchev–Trinajstić information content (AvgIpc) is 3.06. The van der Waals surface area contributed by atoms with Crippen LogP contribution >= 0.6 is 11.6 Å². The number of carboxylic acids is 2. The fourth-order valence-electron chi connectivity index (χ4n) is 3.04. The van der Waals surface area contributed by atoms with Gasteiger partial charge in [-0.05, 0) is 37.6 Å². The summed E-state index contributed by atoms with van der Waals surface area (Å²) in [6, 6.07) is 5.15. The Kier molecular flexibility index (Phi) is 8.03. The summed E-state index contributed by atoms with van der Waals surface area (Å²) in [5, 5.41) is 24.9. The van der Waals surface area contributed by atoms with Crippen molar-refractivity contribution in [1.29, 1.82) is 0 Å². The fourth-order valence-corrected chi connectivity index (χ4v) is 3.21. The normalized spacial score (nSPS) is 17.4. The van der Waals surface area contributed by atoms with Gasteiger partial charge in [-0.25, -0.2) is 14.0 Å². The molecule has 0 aliphatic carbocycles. The highest BCUT2D eigenvalue weighted by atomic mass is 35.5. The number of halogens is 5. The molecule has 0 amide bonds. The first kappa shape index (κ1) is 26.8. The standard InChI is InChI=1S/C18H17ClFN3O4.C2HF3O2/c1-18(5-6-27-17(18)26)9-23(2)15-12(16(24)25)8-14(21-22-15)11-7-10(19)3-4-13(11)20;3-2(4,5)1(6)7/h3-4,7-8H,5-6,9H2,1-2H3,(H,24,25);(H,6,7). The van der Waals surface area contributed by atoms with E-state index in [-0.39, 0.29) is 35.2 Å². The highest BCUT2D eigenvalue weighted by molar-refractivity contribution is 6.30. The van der Waals surface area contributed by atoms with E-state index in [0.29, 0.717) is 18.1 Å². The second kappa shape index (κ2) is 10.2. The maximum Gasteiger partial charge on any atom is 0.490 e. The minimum Gasteiger partial charge on any atom is -0.478 e. The molecule has 1 aromatic heterocycles. The molecule has 1 aliphatic rings. The Morgan fingerprint density at radius 2 is 1.85 bits per heavy atom. The molecule has 184 valence electrons. The minimum absolute atomic E-state index is 0.0519. The van der Waals surface area contributed by atoms with Gasteiger partial charge < -0.3 is 19.8 Å². The smallest absolute Gasteiger partial charge is 0.478 e. The van der Waals surface area contributed by atoms with Gasteiger partial charge in [0.15, 0.2) is 5.82 Å². The first-order chi connectivity index (χ1) is 15.7. The van der Waals surface area contributed by atoms with Crippen LogP contribution < -0.4 is 4.90 Å². The number of carbonyl (C=O) groups is 3. The van der Waals surface area contributed by atoms with Crippen LogP contribution in [0.2, 0.25) is 5.02 Å². The molecule has 1 saturated heterocycles. The van der Waals surface area contributed by atoms with E-state index in [1.165, 1.54) is 24.3 Å². The van der Waals surface area contributed by atoms with Gasteiger partial charge in [0.25, 0.3) is 0 Å². The van der Waals surface area contributed by atoms with Gasteiger partial charge in [0.1, 0.15) is 11.4 Å². The molecule has 2 heterocycles. The molecule has 3 rings (SSSR count). The largest absolute Gasteiger partial charge is 0.490 e. The number of hydrogen-bond acceptors (Lipinski definition) is 7. The van der Waals surface area contributed by atoms with E-state index in [9.17, 15) is 32.3 Å². The van der Waals surface area contributed by atoms with Crippen LogP contribution in [0.25, 0.3) is 11.3 Å². The zero-order valence-electron chi connectivity index (χ0n) is 17.7. The predicted molar refractivity (Wildman–Crippen MR) is 110 cm³/mol. The second-order valence-electron chi connectivity index (χ2n) is 7.50. The van der Waals surface area contributed by atoms with E-state index < -0.39 is 29.3 Å². The van der Waals surface area contributed by atoms with Crippen LogP contribution in [-0.4, -0.2) is 64.7 Å². The topological polar surface area (TPSA) is 130 Å². The number of aromatic carboxylic acids is 1. The summed E-state index contributed by atoms with van der Waals surface area (Å²) in [6.45, 7) is 2.29. The van der Waals surface area contributed by atoms with Gasteiger partial charge in [-0.15, -0.1) is 10.2 Å². The van der Waals surface area contributed by atoms with Crippen molar-refractivity contribution in [3.05, 3.63) is 40.7 Å². The quantitative estimate of drug-likeness (QED) is 0.460. The summed E-state index contributed by atoms with van der Waals surface area (Å²) in [6.07, 6.45) is -4.56. The SMILES string of the molecule is CN(CC1(C)CCOC1=O)c1nnc(-c2cc(Cl)ccc2F)cc1C(=O)O.O=C(O)C(F)(F)F. The average molecular weight is 508 g/mol. The van der Waals surface area contributed by atoms with Gasteiger partial charge >= 0.3 is 24.1 Å². The van der Waals surface area contributed by atoms with E-state index in [1.54, 1.807) is 18.9 Å². The maximum atomic E-state index is 14.1. The Bertz CT molecular complexity index is 1110. The third kappa shape index (κ3) is 6.31. The van der Waals surface area contributed by atoms with Gasteiger partial charge in [-0.2, -0.15) is 13.2 Å². The lowest BCUT2D eigenvalue weighted by Crippen LogP contribution is -2.38. The summed E-state index contributed by atoms with van der Waals surface area (Å²) in [7, 11) is 1.62. The van der Waals surface area contributed by atoms with Crippen LogP contribution in [0.15, 0.2) is 24.3 Å². The lowest BCUT2D eigenvalue weighted by Gasteiger charge is -2.27. The number of esters is 1. The molecule has 0 bridgehead atoms. The highest BCUT2D eigenvalue weighted by Crippen LogP contribution is 2.33. The zero-order chi connectivity index (χ0) is 25.8. The van der Waals surface area contributed by atoms with E-state index in [1.807, 2.05) is 0 Å². The highest BCUT2D eigenvalue weighted by Gasteiger charge is 2.41. The van der Waals surface area contributed by atoms with Crippen molar-refractivity contribution >= 4 is 35.3 Å². The summed E-state index contributed by atoms with van der Waals surface area (Å²) in [5.74, 6) is -4.85. The summed E-state index contributed by atoms with van der Waals surface area (Å²) >= 11 is 5.89. The van der Waals surface area contributed by atoms with Gasteiger partial charge in [-0.3, -0.25) is 4.79 Å². The van der Waals surface area contributed by atoms with E-state index in [0.717, 1.165) is 0 Å². The van der Waals surface area contributed by atoms with Crippen molar-refractivity contribution in [3.63, 3.8) is 0 Å². The first-order valence-electron chi connectivity index (χ1n) is 9.40. The number of alkyl halides is 3. The van der Waals surface area contributed by atoms with Crippen molar-refractivity contribution in [3.8, 4) is 11.3 Å².